The lowest BCUT2D eigenvalue weighted by Gasteiger charge is -2.29. The molecule has 39 heteroatoms. The van der Waals surface area contributed by atoms with Gasteiger partial charge in [0.2, 0.25) is 76.8 Å². The summed E-state index contributed by atoms with van der Waals surface area (Å²) in [5, 5.41) is 68.8. The van der Waals surface area contributed by atoms with Crippen LogP contribution in [0.4, 0.5) is 0 Å². The number of hydrogen-bond donors (Lipinski definition) is 22. The zero-order chi connectivity index (χ0) is 66.4. The molecule has 488 valence electrons. The molecule has 0 bridgehead atoms. The van der Waals surface area contributed by atoms with Gasteiger partial charge in [0, 0.05) is 25.8 Å². The predicted molar refractivity (Wildman–Crippen MR) is 299 cm³/mol. The highest BCUT2D eigenvalue weighted by Crippen LogP contribution is 2.12. The van der Waals surface area contributed by atoms with Crippen LogP contribution >= 0.6 is 0 Å². The third-order valence-corrected chi connectivity index (χ3v) is 12.8. The van der Waals surface area contributed by atoms with E-state index in [0.717, 1.165) is 6.92 Å². The largest absolute Gasteiger partial charge is 0.481 e. The van der Waals surface area contributed by atoms with Gasteiger partial charge in [-0.2, -0.15) is 0 Å². The highest BCUT2D eigenvalue weighted by molar-refractivity contribution is 6.00. The van der Waals surface area contributed by atoms with E-state index in [1.54, 1.807) is 0 Å². The van der Waals surface area contributed by atoms with Gasteiger partial charge in [-0.25, -0.2) is 5.01 Å². The van der Waals surface area contributed by atoms with Crippen LogP contribution in [-0.4, -0.2) is 212 Å². The molecule has 0 spiro atoms. The van der Waals surface area contributed by atoms with Gasteiger partial charge >= 0.3 is 5.97 Å². The molecule has 0 radical (unpaired) electrons. The summed E-state index contributed by atoms with van der Waals surface area (Å²) in [6.07, 6.45) is -6.85. The standard InChI is InChI=1S/C48H82N20O19/c1-20(22(3)70)39(79)63-29-16-34(74)66-67-68(47(29)87)21(2)40(80)57-18-35(75)58-25(9-7-15-56-48(54)55)41(81)64-30(19-69)45(85)62-28(17-36(76)77)44(84)65-37(23(4)71)46(86)61-26(8-5-6-10-31(49)50)42(82)60-27(12-14-33(52)73)43(83)59-24(38(53)78)11-13-32(51)72/h20-30,37,67,69-71H,5-19H2,1-4H3,(H3,49,50)(H2,51,72)(H2,52,73)(H2,53,78)(H,57,80)(H,58,75)(H,59,83)(H,60,82)(H,61,86)(H,62,85)(H,63,79)(H,64,81)(H,65,84)(H,66,74)(H,76,77)(H4,54,55,56)/t20-,21-,22?,23+,24-,25-,26-,27-,28-,29-,30-,37-/m0/s1. The number of carboxylic acids is 1. The molecule has 14 amide bonds. The van der Waals surface area contributed by atoms with E-state index in [1.165, 1.54) is 20.8 Å². The minimum atomic E-state index is -2.15. The van der Waals surface area contributed by atoms with Crippen molar-refractivity contribution in [2.75, 3.05) is 19.7 Å². The van der Waals surface area contributed by atoms with Gasteiger partial charge in [-0.1, -0.05) is 13.3 Å². The number of carbonyl (C=O) groups excluding carboxylic acids is 14. The average molecular weight is 1240 g/mol. The summed E-state index contributed by atoms with van der Waals surface area (Å²) >= 11 is 0. The van der Waals surface area contributed by atoms with E-state index in [-0.39, 0.29) is 63.3 Å². The SMILES string of the molecule is CC(O)[C@H](C)C(=O)N[C@H]1CC(=O)NNN([C@@H](C)C(=O)NCC(=O)N[C@@H](CCCN=C(N)N)C(=O)N[C@@H](CO)C(=O)N[C@@H](CC(=O)O)C(=O)N[C@H](C(=O)N[C@@H](CCCCC(=N)N)C(=O)N[C@@H](CCC(N)=O)C(=O)N[C@@H](CCC(N)=O)C(N)=O)[C@@H](C)O)C1=O. The maximum absolute atomic E-state index is 13.9. The number of primary amides is 3. The third kappa shape index (κ3) is 28.4. The van der Waals surface area contributed by atoms with Crippen molar-refractivity contribution in [1.82, 2.24) is 63.8 Å². The molecule has 1 aliphatic rings. The topological polar surface area (TPSA) is 665 Å². The van der Waals surface area contributed by atoms with Crippen LogP contribution in [0.15, 0.2) is 4.99 Å². The molecular weight excluding hydrogens is 1160 g/mol. The van der Waals surface area contributed by atoms with Crippen LogP contribution in [0, 0.1) is 11.3 Å². The van der Waals surface area contributed by atoms with Gasteiger partial charge in [0.05, 0.1) is 50.0 Å². The first-order valence-corrected chi connectivity index (χ1v) is 27.1. The fourth-order valence-electron chi connectivity index (χ4n) is 7.69. The van der Waals surface area contributed by atoms with E-state index in [0.29, 0.717) is 5.01 Å². The van der Waals surface area contributed by atoms with Gasteiger partial charge in [0.1, 0.15) is 54.4 Å². The van der Waals surface area contributed by atoms with Crippen LogP contribution < -0.4 is 93.2 Å². The Balaban J connectivity index is 3.39. The molecule has 0 aliphatic carbocycles. The number of carbonyl (C=O) groups is 15. The maximum atomic E-state index is 13.9. The summed E-state index contributed by atoms with van der Waals surface area (Å²) < 4.78 is 0. The molecular formula is C48H82N20O19. The number of aliphatic hydroxyl groups is 3. The number of nitrogens with zero attached hydrogens (tertiary/aromatic N) is 2. The Hall–Kier alpha value is -9.37. The first kappa shape index (κ1) is 75.6. The van der Waals surface area contributed by atoms with Gasteiger partial charge in [-0.3, -0.25) is 87.7 Å². The van der Waals surface area contributed by atoms with Crippen molar-refractivity contribution in [3.8, 4) is 0 Å². The van der Waals surface area contributed by atoms with Crippen LogP contribution in [0.25, 0.3) is 0 Å². The number of guanidine groups is 1. The van der Waals surface area contributed by atoms with Gasteiger partial charge < -0.3 is 103 Å². The average Bonchev–Trinajstić information content (AvgIpc) is 3.81. The molecule has 1 heterocycles. The smallest absolute Gasteiger partial charge is 0.305 e. The fourth-order valence-corrected chi connectivity index (χ4v) is 7.69. The summed E-state index contributed by atoms with van der Waals surface area (Å²) in [6.45, 7) is 2.65. The van der Waals surface area contributed by atoms with E-state index < -0.39 is 206 Å². The molecule has 0 aromatic carbocycles. The van der Waals surface area contributed by atoms with E-state index in [9.17, 15) is 92.3 Å². The van der Waals surface area contributed by atoms with Crippen LogP contribution in [-0.2, 0) is 71.9 Å². The maximum Gasteiger partial charge on any atom is 0.305 e. The van der Waals surface area contributed by atoms with Gasteiger partial charge in [0.15, 0.2) is 5.96 Å². The number of nitrogens with one attached hydrogen (secondary N) is 12. The van der Waals surface area contributed by atoms with Crippen molar-refractivity contribution in [3.63, 3.8) is 0 Å². The molecule has 1 saturated heterocycles. The molecule has 0 aromatic rings. The molecule has 1 fully saturated rings. The highest BCUT2D eigenvalue weighted by Gasteiger charge is 2.39. The Morgan fingerprint density at radius 2 is 1.10 bits per heavy atom. The fraction of sp³-hybridized carbons (Fsp3) is 0.646. The third-order valence-electron chi connectivity index (χ3n) is 12.8. The van der Waals surface area contributed by atoms with Crippen molar-refractivity contribution in [2.24, 2.45) is 45.3 Å². The van der Waals surface area contributed by atoms with Crippen molar-refractivity contribution in [3.05, 3.63) is 0 Å². The van der Waals surface area contributed by atoms with Crippen LogP contribution in [0.5, 0.6) is 0 Å². The molecule has 87 heavy (non-hydrogen) atoms. The second-order valence-electron chi connectivity index (χ2n) is 20.1. The number of rotatable bonds is 40. The Morgan fingerprint density at radius 3 is 1.62 bits per heavy atom. The van der Waals surface area contributed by atoms with E-state index in [1.807, 2.05) is 5.32 Å². The highest BCUT2D eigenvalue weighted by atomic mass is 16.4. The number of unbranched alkanes of at least 4 members (excludes halogenated alkanes) is 1. The summed E-state index contributed by atoms with van der Waals surface area (Å²) in [5.74, 6) is -18.3. The van der Waals surface area contributed by atoms with Crippen molar-refractivity contribution >= 4 is 100 Å². The number of amides is 14. The minimum Gasteiger partial charge on any atom is -0.481 e. The van der Waals surface area contributed by atoms with Crippen molar-refractivity contribution in [1.29, 1.82) is 5.41 Å². The second kappa shape index (κ2) is 37.8. The lowest BCUT2D eigenvalue weighted by atomic mass is 10.0. The molecule has 1 unspecified atom stereocenters. The van der Waals surface area contributed by atoms with Crippen LogP contribution in [0.3, 0.4) is 0 Å². The van der Waals surface area contributed by atoms with Gasteiger partial charge in [0.25, 0.3) is 5.91 Å². The van der Waals surface area contributed by atoms with Gasteiger partial charge in [-0.15, -0.1) is 5.53 Å². The molecule has 39 nitrogen and oxygen atoms in total. The lowest BCUT2D eigenvalue weighted by Crippen LogP contribution is -2.62. The van der Waals surface area contributed by atoms with E-state index >= 15 is 0 Å². The zero-order valence-electron chi connectivity index (χ0n) is 48.3. The minimum absolute atomic E-state index is 0.0304. The zero-order valence-corrected chi connectivity index (χ0v) is 48.3. The van der Waals surface area contributed by atoms with Crippen molar-refractivity contribution < 1.29 is 92.3 Å². The normalized spacial score (nSPS) is 16.8. The monoisotopic (exact) mass is 1240 g/mol. The first-order valence-electron chi connectivity index (χ1n) is 27.1. The molecule has 1 aliphatic heterocycles. The first-order chi connectivity index (χ1) is 40.6. The Kier molecular flexibility index (Phi) is 32.9. The summed E-state index contributed by atoms with van der Waals surface area (Å²) in [7, 11) is 0. The molecule has 12 atom stereocenters. The lowest BCUT2D eigenvalue weighted by molar-refractivity contribution is -0.147. The Bertz CT molecular complexity index is 2550. The predicted octanol–water partition coefficient (Wildman–Crippen LogP) is -11.4. The van der Waals surface area contributed by atoms with Crippen molar-refractivity contribution in [2.45, 2.75) is 171 Å². The number of carboxylic acid groups (broad SMARTS) is 1. The molecule has 1 rings (SSSR count). The number of aliphatic imine (C=N–C) groups is 1. The number of nitrogens with two attached hydrogens (primary N) is 6. The summed E-state index contributed by atoms with van der Waals surface area (Å²) in [4.78, 5) is 198. The second-order valence-corrected chi connectivity index (χ2v) is 20.1. The molecule has 0 aromatic heterocycles. The van der Waals surface area contributed by atoms with Crippen LogP contribution in [0.1, 0.15) is 105 Å². The Labute approximate surface area is 497 Å². The number of aliphatic carboxylic acids is 1. The Morgan fingerprint density at radius 1 is 0.609 bits per heavy atom. The number of hydrogen-bond acceptors (Lipinski definition) is 21. The molecule has 28 N–H and O–H groups in total. The molecule has 0 saturated carbocycles. The summed E-state index contributed by atoms with van der Waals surface area (Å²) in [6, 6.07) is -15.6. The van der Waals surface area contributed by atoms with E-state index in [4.69, 9.17) is 39.8 Å². The van der Waals surface area contributed by atoms with Crippen LogP contribution in [0.2, 0.25) is 0 Å². The summed E-state index contributed by atoms with van der Waals surface area (Å²) in [5.41, 5.74) is 36.5. The quantitative estimate of drug-likeness (QED) is 0.0154. The number of hydrazine groups is 2. The number of aliphatic hydroxyl groups excluding tert-OH is 3. The van der Waals surface area contributed by atoms with E-state index in [2.05, 4.69) is 58.5 Å². The van der Waals surface area contributed by atoms with Gasteiger partial charge in [-0.05, 0) is 59.3 Å². The number of amidine groups is 1.